The molecule has 1 aromatic rings. The first kappa shape index (κ1) is 11.2. The van der Waals surface area contributed by atoms with Crippen molar-refractivity contribution in [3.8, 4) is 0 Å². The van der Waals surface area contributed by atoms with Crippen molar-refractivity contribution in [3.05, 3.63) is 17.0 Å². The first-order valence-electron chi connectivity index (χ1n) is 5.03. The van der Waals surface area contributed by atoms with E-state index in [1.165, 1.54) is 30.6 Å². The second-order valence-electron chi connectivity index (χ2n) is 3.25. The van der Waals surface area contributed by atoms with Gasteiger partial charge >= 0.3 is 0 Å². The first-order valence-corrected chi connectivity index (χ1v) is 5.85. The number of thiophene rings is 1. The number of nitrogens with zero attached hydrogens (tertiary/aromatic N) is 1. The van der Waals surface area contributed by atoms with Crippen LogP contribution in [0.5, 0.6) is 0 Å². The van der Waals surface area contributed by atoms with E-state index >= 15 is 0 Å². The molecule has 0 amide bonds. The Morgan fingerprint density at radius 2 is 2.21 bits per heavy atom. The third-order valence-corrected chi connectivity index (χ3v) is 3.12. The highest BCUT2D eigenvalue weighted by Crippen LogP contribution is 2.25. The topological polar surface area (TPSA) is 29.4 Å². The molecule has 0 radical (unpaired) electrons. The standard InChI is InChI=1S/C11H15NOS/c1-2-3-4-5-6-10-7-8-11(14-10)12-9-13/h7-8H,2-6H2,1H3. The van der Waals surface area contributed by atoms with E-state index in [9.17, 15) is 4.79 Å². The lowest BCUT2D eigenvalue weighted by atomic mass is 10.1. The molecule has 0 aliphatic heterocycles. The molecule has 0 saturated heterocycles. The summed E-state index contributed by atoms with van der Waals surface area (Å²) >= 11 is 1.59. The second kappa shape index (κ2) is 6.52. The Hall–Kier alpha value is -0.920. The van der Waals surface area contributed by atoms with E-state index in [4.69, 9.17) is 0 Å². The lowest BCUT2D eigenvalue weighted by Crippen LogP contribution is -1.80. The predicted octanol–water partition coefficient (Wildman–Crippen LogP) is 3.84. The molecule has 0 atom stereocenters. The van der Waals surface area contributed by atoms with Crippen LogP contribution in [0.25, 0.3) is 0 Å². The van der Waals surface area contributed by atoms with E-state index in [0.717, 1.165) is 11.4 Å². The third-order valence-electron chi connectivity index (χ3n) is 2.08. The van der Waals surface area contributed by atoms with Crippen molar-refractivity contribution in [2.24, 2.45) is 4.99 Å². The molecular weight excluding hydrogens is 194 g/mol. The van der Waals surface area contributed by atoms with Crippen LogP contribution in [0.2, 0.25) is 0 Å². The lowest BCUT2D eigenvalue weighted by Gasteiger charge is -1.96. The molecule has 3 heteroatoms. The van der Waals surface area contributed by atoms with E-state index < -0.39 is 0 Å². The summed E-state index contributed by atoms with van der Waals surface area (Å²) in [6, 6.07) is 3.93. The van der Waals surface area contributed by atoms with Gasteiger partial charge in [0.25, 0.3) is 0 Å². The zero-order valence-corrected chi connectivity index (χ0v) is 9.27. The largest absolute Gasteiger partial charge is 0.241 e. The van der Waals surface area contributed by atoms with Crippen molar-refractivity contribution in [1.29, 1.82) is 0 Å². The Balaban J connectivity index is 2.32. The summed E-state index contributed by atoms with van der Waals surface area (Å²) in [6.45, 7) is 2.21. The van der Waals surface area contributed by atoms with Crippen molar-refractivity contribution in [2.45, 2.75) is 39.0 Å². The zero-order chi connectivity index (χ0) is 10.2. The Kier molecular flexibility index (Phi) is 5.20. The summed E-state index contributed by atoms with van der Waals surface area (Å²) in [4.78, 5) is 14.9. The predicted molar refractivity (Wildman–Crippen MR) is 59.9 cm³/mol. The number of rotatable bonds is 6. The molecule has 0 aromatic carbocycles. The summed E-state index contributed by atoms with van der Waals surface area (Å²) in [5.74, 6) is 0. The zero-order valence-electron chi connectivity index (χ0n) is 8.45. The molecular formula is C11H15NOS. The summed E-state index contributed by atoms with van der Waals surface area (Å²) in [5.41, 5.74) is 0. The SMILES string of the molecule is CCCCCCc1ccc(N=C=O)s1. The van der Waals surface area contributed by atoms with Crippen molar-refractivity contribution < 1.29 is 4.79 Å². The van der Waals surface area contributed by atoms with Crippen molar-refractivity contribution in [2.75, 3.05) is 0 Å². The van der Waals surface area contributed by atoms with Gasteiger partial charge in [-0.15, -0.1) is 11.3 Å². The molecule has 14 heavy (non-hydrogen) atoms. The van der Waals surface area contributed by atoms with Gasteiger partial charge in [-0.2, -0.15) is 4.99 Å². The normalized spacial score (nSPS) is 9.79. The van der Waals surface area contributed by atoms with Crippen LogP contribution >= 0.6 is 11.3 Å². The van der Waals surface area contributed by atoms with Gasteiger partial charge in [-0.25, -0.2) is 4.79 Å². The minimum Gasteiger partial charge on any atom is -0.211 e. The number of hydrogen-bond donors (Lipinski definition) is 0. The number of hydrogen-bond acceptors (Lipinski definition) is 3. The number of carbonyl (C=O) groups excluding carboxylic acids is 1. The van der Waals surface area contributed by atoms with Crippen LogP contribution in [0, 0.1) is 0 Å². The Morgan fingerprint density at radius 3 is 2.93 bits per heavy atom. The quantitative estimate of drug-likeness (QED) is 0.397. The van der Waals surface area contributed by atoms with Crippen molar-refractivity contribution in [3.63, 3.8) is 0 Å². The van der Waals surface area contributed by atoms with E-state index in [1.54, 1.807) is 17.4 Å². The van der Waals surface area contributed by atoms with Crippen LogP contribution in [0.1, 0.15) is 37.5 Å². The van der Waals surface area contributed by atoms with Gasteiger partial charge < -0.3 is 0 Å². The van der Waals surface area contributed by atoms with Gasteiger partial charge in [-0.1, -0.05) is 26.2 Å². The maximum Gasteiger partial charge on any atom is 0.241 e. The number of isocyanates is 1. The highest BCUT2D eigenvalue weighted by atomic mass is 32.1. The van der Waals surface area contributed by atoms with E-state index in [-0.39, 0.29) is 0 Å². The Bertz CT molecular complexity index is 313. The Morgan fingerprint density at radius 1 is 1.36 bits per heavy atom. The van der Waals surface area contributed by atoms with Gasteiger partial charge in [0.05, 0.1) is 0 Å². The maximum absolute atomic E-state index is 10.00. The van der Waals surface area contributed by atoms with Gasteiger partial charge in [0, 0.05) is 4.88 Å². The van der Waals surface area contributed by atoms with Gasteiger partial charge in [0.2, 0.25) is 6.08 Å². The molecule has 0 saturated carbocycles. The summed E-state index contributed by atoms with van der Waals surface area (Å²) in [6.07, 6.45) is 7.78. The summed E-state index contributed by atoms with van der Waals surface area (Å²) in [7, 11) is 0. The molecule has 0 aliphatic rings. The molecule has 0 N–H and O–H groups in total. The average molecular weight is 209 g/mol. The van der Waals surface area contributed by atoms with E-state index in [1.807, 2.05) is 12.1 Å². The van der Waals surface area contributed by atoms with Crippen LogP contribution in [-0.2, 0) is 11.2 Å². The van der Waals surface area contributed by atoms with Crippen LogP contribution in [0.3, 0.4) is 0 Å². The minimum atomic E-state index is 0.769. The molecule has 2 nitrogen and oxygen atoms in total. The molecule has 0 unspecified atom stereocenters. The summed E-state index contributed by atoms with van der Waals surface area (Å²) in [5, 5.41) is 0.769. The van der Waals surface area contributed by atoms with Gasteiger partial charge in [-0.3, -0.25) is 0 Å². The molecule has 0 aliphatic carbocycles. The number of aliphatic imine (C=N–C) groups is 1. The van der Waals surface area contributed by atoms with E-state index in [2.05, 4.69) is 11.9 Å². The van der Waals surface area contributed by atoms with Crippen LogP contribution in [0.15, 0.2) is 17.1 Å². The number of unbranched alkanes of at least 4 members (excludes halogenated alkanes) is 3. The van der Waals surface area contributed by atoms with Crippen molar-refractivity contribution >= 4 is 22.4 Å². The van der Waals surface area contributed by atoms with Crippen LogP contribution in [-0.4, -0.2) is 6.08 Å². The molecule has 1 aromatic heterocycles. The second-order valence-corrected chi connectivity index (χ2v) is 4.40. The van der Waals surface area contributed by atoms with E-state index in [0.29, 0.717) is 0 Å². The van der Waals surface area contributed by atoms with Gasteiger partial charge in [0.1, 0.15) is 5.00 Å². The fourth-order valence-electron chi connectivity index (χ4n) is 1.33. The monoisotopic (exact) mass is 209 g/mol. The fraction of sp³-hybridized carbons (Fsp3) is 0.545. The fourth-order valence-corrected chi connectivity index (χ4v) is 2.20. The maximum atomic E-state index is 10.00. The average Bonchev–Trinajstić information content (AvgIpc) is 2.61. The lowest BCUT2D eigenvalue weighted by molar-refractivity contribution is 0.565. The van der Waals surface area contributed by atoms with Crippen LogP contribution < -0.4 is 0 Å². The van der Waals surface area contributed by atoms with Crippen LogP contribution in [0.4, 0.5) is 5.00 Å². The molecule has 1 heterocycles. The molecule has 76 valence electrons. The minimum absolute atomic E-state index is 0.769. The highest BCUT2D eigenvalue weighted by Gasteiger charge is 1.98. The summed E-state index contributed by atoms with van der Waals surface area (Å²) < 4.78 is 0. The highest BCUT2D eigenvalue weighted by molar-refractivity contribution is 7.15. The third kappa shape index (κ3) is 3.86. The molecule has 1 rings (SSSR count). The first-order chi connectivity index (χ1) is 6.86. The molecule has 0 spiro atoms. The Labute approximate surface area is 88.7 Å². The molecule has 0 bridgehead atoms. The van der Waals surface area contributed by atoms with Crippen molar-refractivity contribution in [1.82, 2.24) is 0 Å². The molecule has 0 fully saturated rings. The number of aryl methyl sites for hydroxylation is 1. The van der Waals surface area contributed by atoms with Gasteiger partial charge in [-0.05, 0) is 25.0 Å². The smallest absolute Gasteiger partial charge is 0.211 e. The van der Waals surface area contributed by atoms with Gasteiger partial charge in [0.15, 0.2) is 0 Å².